The number of ether oxygens (including phenoxy) is 1. The summed E-state index contributed by atoms with van der Waals surface area (Å²) in [7, 11) is 3.94. The second-order valence-corrected chi connectivity index (χ2v) is 16.1. The minimum absolute atomic E-state index is 0.173. The van der Waals surface area contributed by atoms with Crippen molar-refractivity contribution in [2.24, 2.45) is 18.9 Å². The molecule has 4 atom stereocenters. The molecule has 0 radical (unpaired) electrons. The molecule has 60 heavy (non-hydrogen) atoms. The zero-order chi connectivity index (χ0) is 43.8. The van der Waals surface area contributed by atoms with Gasteiger partial charge in [0.2, 0.25) is 5.91 Å². The van der Waals surface area contributed by atoms with Crippen LogP contribution in [0.15, 0.2) is 95.9 Å². The van der Waals surface area contributed by atoms with Gasteiger partial charge in [0.15, 0.2) is 0 Å². The molecule has 1 N–H and O–H groups in total. The zero-order valence-corrected chi connectivity index (χ0v) is 35.3. The SMILES string of the molecule is CC.Cc1nc2cc(SN(C)c3ccc(C4C[C@H](N5CCC(F)(F)C5)CC(C(=O)Nc5ccc(C(F)(F)F)cc5F)[C@@H]4C)cc3)ccc2n1C.O=COCc1ccccc1. The van der Waals surface area contributed by atoms with Gasteiger partial charge in [-0.1, -0.05) is 63.2 Å². The monoisotopic (exact) mass is 855 g/mol. The first-order valence-electron chi connectivity index (χ1n) is 19.9. The average Bonchev–Trinajstić information content (AvgIpc) is 3.74. The molecule has 1 aliphatic heterocycles. The van der Waals surface area contributed by atoms with E-state index in [2.05, 4.69) is 15.0 Å². The van der Waals surface area contributed by atoms with Gasteiger partial charge in [0.05, 0.1) is 28.8 Å². The molecule has 2 aliphatic rings. The number of rotatable bonds is 10. The normalized spacial score (nSPS) is 20.0. The quantitative estimate of drug-likeness (QED) is 0.0851. The summed E-state index contributed by atoms with van der Waals surface area (Å²) >= 11 is 1.55. The van der Waals surface area contributed by atoms with Crippen LogP contribution in [0.2, 0.25) is 0 Å². The van der Waals surface area contributed by atoms with E-state index in [-0.39, 0.29) is 43.0 Å². The number of benzene rings is 4. The van der Waals surface area contributed by atoms with Crippen molar-refractivity contribution in [3.8, 4) is 0 Å². The van der Waals surface area contributed by atoms with Crippen molar-refractivity contribution < 1.29 is 40.7 Å². The largest absolute Gasteiger partial charge is 0.463 e. The van der Waals surface area contributed by atoms with E-state index in [9.17, 15) is 35.9 Å². The molecule has 1 amide bonds. The van der Waals surface area contributed by atoms with Gasteiger partial charge in [-0.2, -0.15) is 13.2 Å². The number of fused-ring (bicyclic) bond motifs is 1. The summed E-state index contributed by atoms with van der Waals surface area (Å²) in [5.41, 5.74) is 3.36. The van der Waals surface area contributed by atoms with Crippen molar-refractivity contribution >= 4 is 46.7 Å². The molecule has 0 spiro atoms. The highest BCUT2D eigenvalue weighted by Gasteiger charge is 2.46. The molecule has 2 heterocycles. The Morgan fingerprint density at radius 1 is 1.02 bits per heavy atom. The summed E-state index contributed by atoms with van der Waals surface area (Å²) in [4.78, 5) is 30.7. The molecular weight excluding hydrogens is 805 g/mol. The Morgan fingerprint density at radius 2 is 1.72 bits per heavy atom. The maximum atomic E-state index is 14.7. The van der Waals surface area contributed by atoms with Gasteiger partial charge in [-0.05, 0) is 103 Å². The van der Waals surface area contributed by atoms with Crippen LogP contribution < -0.4 is 9.62 Å². The topological polar surface area (TPSA) is 79.7 Å². The van der Waals surface area contributed by atoms with Gasteiger partial charge in [0.1, 0.15) is 18.2 Å². The fourth-order valence-corrected chi connectivity index (χ4v) is 8.61. The summed E-state index contributed by atoms with van der Waals surface area (Å²) in [6.45, 7) is 8.50. The minimum atomic E-state index is -4.73. The number of alkyl halides is 5. The van der Waals surface area contributed by atoms with E-state index >= 15 is 0 Å². The molecular formula is C45H51F6N5O3S. The van der Waals surface area contributed by atoms with E-state index in [0.29, 0.717) is 25.6 Å². The second-order valence-electron chi connectivity index (χ2n) is 14.9. The van der Waals surface area contributed by atoms with Crippen LogP contribution in [-0.2, 0) is 34.2 Å². The lowest BCUT2D eigenvalue weighted by atomic mass is 9.67. The first-order chi connectivity index (χ1) is 28.5. The maximum absolute atomic E-state index is 14.7. The van der Waals surface area contributed by atoms with E-state index in [1.54, 1.807) is 16.8 Å². The van der Waals surface area contributed by atoms with Crippen LogP contribution in [0, 0.1) is 24.6 Å². The smallest absolute Gasteiger partial charge is 0.416 e. The number of amides is 1. The number of carbonyl (C=O) groups excluding carboxylic acids is 2. The molecule has 0 bridgehead atoms. The highest BCUT2D eigenvalue weighted by molar-refractivity contribution is 8.00. The Morgan fingerprint density at radius 3 is 2.33 bits per heavy atom. The summed E-state index contributed by atoms with van der Waals surface area (Å²) < 4.78 is 91.0. The lowest BCUT2D eigenvalue weighted by Crippen LogP contribution is -2.46. The minimum Gasteiger partial charge on any atom is -0.463 e. The fraction of sp³-hybridized carbons (Fsp3) is 0.400. The van der Waals surface area contributed by atoms with Crippen LogP contribution in [0.3, 0.4) is 0 Å². The number of aromatic nitrogens is 2. The van der Waals surface area contributed by atoms with Gasteiger partial charge in [-0.3, -0.25) is 14.5 Å². The van der Waals surface area contributed by atoms with E-state index in [1.807, 2.05) is 123 Å². The second kappa shape index (κ2) is 20.0. The van der Waals surface area contributed by atoms with Crippen molar-refractivity contribution in [1.82, 2.24) is 14.5 Å². The molecule has 8 nitrogen and oxygen atoms in total. The number of carbonyl (C=O) groups is 2. The standard InChI is InChI=1S/C35H37F6N5OS.C8H8O2.C2H6/c1-20-27(22-5-8-24(9-6-22)45(4)48-26-10-12-32-31(18-26)42-21(2)44(32)3)16-25(46-14-13-34(37,38)19-46)17-28(20)33(47)43-30-11-7-23(15-29(30)36)35(39,40)41;9-7-10-6-8-4-2-1-3-5-8;1-2/h5-12,15,18,20,25,27-28H,13-14,16-17,19H2,1-4H3,(H,43,47);1-5,7H,6H2;1-2H3/t20-,25+,27?,28?;;/m1../s1. The average molecular weight is 856 g/mol. The van der Waals surface area contributed by atoms with Crippen LogP contribution in [0.4, 0.5) is 37.7 Å². The van der Waals surface area contributed by atoms with Gasteiger partial charge in [0, 0.05) is 49.6 Å². The highest BCUT2D eigenvalue weighted by atomic mass is 32.2. The van der Waals surface area contributed by atoms with E-state index in [4.69, 9.17) is 0 Å². The molecule has 2 fully saturated rings. The summed E-state index contributed by atoms with van der Waals surface area (Å²) in [5.74, 6) is -4.74. The molecule has 1 saturated carbocycles. The number of hydrogen-bond donors (Lipinski definition) is 1. The Kier molecular flexibility index (Phi) is 15.4. The first-order valence-corrected chi connectivity index (χ1v) is 20.6. The number of likely N-dealkylation sites (tertiary alicyclic amines) is 1. The fourth-order valence-electron chi connectivity index (χ4n) is 7.77. The lowest BCUT2D eigenvalue weighted by molar-refractivity contribution is -0.137. The molecule has 5 aromatic rings. The van der Waals surface area contributed by atoms with Crippen LogP contribution in [0.5, 0.6) is 0 Å². The molecule has 15 heteroatoms. The first kappa shape index (κ1) is 46.1. The van der Waals surface area contributed by atoms with Gasteiger partial charge in [-0.25, -0.2) is 18.2 Å². The molecule has 1 saturated heterocycles. The third-order valence-corrected chi connectivity index (χ3v) is 12.0. The van der Waals surface area contributed by atoms with Gasteiger partial charge < -0.3 is 18.9 Å². The summed E-state index contributed by atoms with van der Waals surface area (Å²) in [6.07, 6.45) is -4.15. The number of imidazole rings is 1. The van der Waals surface area contributed by atoms with Crippen molar-refractivity contribution in [3.05, 3.63) is 119 Å². The van der Waals surface area contributed by atoms with Crippen molar-refractivity contribution in [3.63, 3.8) is 0 Å². The Hall–Kier alpha value is -5.02. The third kappa shape index (κ3) is 11.4. The summed E-state index contributed by atoms with van der Waals surface area (Å²) in [6, 6.07) is 25.3. The number of aryl methyl sites for hydroxylation is 2. The van der Waals surface area contributed by atoms with Crippen LogP contribution in [-0.4, -0.2) is 58.9 Å². The molecule has 1 aromatic heterocycles. The third-order valence-electron chi connectivity index (χ3n) is 11.1. The van der Waals surface area contributed by atoms with E-state index < -0.39 is 41.8 Å². The predicted molar refractivity (Wildman–Crippen MR) is 224 cm³/mol. The van der Waals surface area contributed by atoms with Crippen molar-refractivity contribution in [2.75, 3.05) is 29.8 Å². The zero-order valence-electron chi connectivity index (χ0n) is 34.5. The number of nitrogens with zero attached hydrogens (tertiary/aromatic N) is 4. The molecule has 322 valence electrons. The van der Waals surface area contributed by atoms with E-state index in [1.165, 1.54) is 0 Å². The molecule has 2 unspecified atom stereocenters. The molecule has 1 aliphatic carbocycles. The predicted octanol–water partition coefficient (Wildman–Crippen LogP) is 11.0. The van der Waals surface area contributed by atoms with Gasteiger partial charge in [0.25, 0.3) is 12.4 Å². The van der Waals surface area contributed by atoms with Gasteiger partial charge in [-0.15, -0.1) is 0 Å². The number of nitrogens with one attached hydrogen (secondary N) is 1. The molecule has 4 aromatic carbocycles. The maximum Gasteiger partial charge on any atom is 0.416 e. The highest BCUT2D eigenvalue weighted by Crippen LogP contribution is 2.46. The Bertz CT molecular complexity index is 2200. The number of hydrogen-bond acceptors (Lipinski definition) is 7. The Balaban J connectivity index is 0.000000494. The summed E-state index contributed by atoms with van der Waals surface area (Å²) in [5, 5.41) is 2.49. The Labute approximate surface area is 351 Å². The van der Waals surface area contributed by atoms with Crippen LogP contribution in [0.1, 0.15) is 68.5 Å². The number of anilines is 2. The van der Waals surface area contributed by atoms with Crippen LogP contribution >= 0.6 is 11.9 Å². The van der Waals surface area contributed by atoms with E-state index in [0.717, 1.165) is 50.7 Å². The molecule has 7 rings (SSSR count). The number of halogens is 6. The van der Waals surface area contributed by atoms with Crippen molar-refractivity contribution in [1.29, 1.82) is 0 Å². The lowest BCUT2D eigenvalue weighted by Gasteiger charge is -2.43. The van der Waals surface area contributed by atoms with Crippen molar-refractivity contribution in [2.45, 2.75) is 82.5 Å². The van der Waals surface area contributed by atoms with Gasteiger partial charge >= 0.3 is 6.18 Å². The van der Waals surface area contributed by atoms with Crippen LogP contribution in [0.25, 0.3) is 11.0 Å².